The molecule has 0 radical (unpaired) electrons. The minimum Gasteiger partial charge on any atom is -0.399 e. The van der Waals surface area contributed by atoms with Crippen molar-refractivity contribution < 1.29 is 8.42 Å². The van der Waals surface area contributed by atoms with Gasteiger partial charge < -0.3 is 11.1 Å². The molecule has 0 spiro atoms. The van der Waals surface area contributed by atoms with Crippen LogP contribution in [-0.4, -0.2) is 27.0 Å². The lowest BCUT2D eigenvalue weighted by Gasteiger charge is -2.10. The number of hydrogen-bond donors (Lipinski definition) is 2. The maximum absolute atomic E-state index is 10.9. The van der Waals surface area contributed by atoms with Gasteiger partial charge in [-0.1, -0.05) is 23.2 Å². The molecule has 0 heterocycles. The Bertz CT molecular complexity index is 465. The zero-order chi connectivity index (χ0) is 12.3. The minimum absolute atomic E-state index is 0.0179. The van der Waals surface area contributed by atoms with Crippen LogP contribution in [-0.2, 0) is 9.84 Å². The molecule has 0 saturated carbocycles. The van der Waals surface area contributed by atoms with Gasteiger partial charge in [0.1, 0.15) is 9.84 Å². The van der Waals surface area contributed by atoms with E-state index in [0.29, 0.717) is 21.4 Å². The van der Waals surface area contributed by atoms with Gasteiger partial charge in [0.15, 0.2) is 0 Å². The van der Waals surface area contributed by atoms with Crippen LogP contribution in [0.4, 0.5) is 11.4 Å². The predicted octanol–water partition coefficient (Wildman–Crippen LogP) is 2.03. The van der Waals surface area contributed by atoms with Gasteiger partial charge in [-0.2, -0.15) is 0 Å². The molecule has 0 atom stereocenters. The van der Waals surface area contributed by atoms with E-state index in [1.165, 1.54) is 6.26 Å². The van der Waals surface area contributed by atoms with Crippen LogP contribution in [0, 0.1) is 0 Å². The number of rotatable bonds is 4. The molecule has 0 aliphatic heterocycles. The zero-order valence-corrected chi connectivity index (χ0v) is 11.0. The molecule has 1 rings (SSSR count). The first-order valence-corrected chi connectivity index (χ1v) is 7.27. The first-order valence-electron chi connectivity index (χ1n) is 4.46. The van der Waals surface area contributed by atoms with Gasteiger partial charge in [-0.25, -0.2) is 8.42 Å². The largest absolute Gasteiger partial charge is 0.399 e. The number of hydrogen-bond acceptors (Lipinski definition) is 4. The molecule has 0 aromatic heterocycles. The second-order valence-electron chi connectivity index (χ2n) is 3.42. The smallest absolute Gasteiger partial charge is 0.149 e. The molecule has 7 heteroatoms. The molecule has 3 N–H and O–H groups in total. The van der Waals surface area contributed by atoms with Crippen molar-refractivity contribution in [1.82, 2.24) is 0 Å². The van der Waals surface area contributed by atoms with Crippen LogP contribution >= 0.6 is 23.2 Å². The summed E-state index contributed by atoms with van der Waals surface area (Å²) >= 11 is 11.8. The molecule has 0 fully saturated rings. The SMILES string of the molecule is CS(=O)(=O)CCNc1c(Cl)cc(N)cc1Cl. The van der Waals surface area contributed by atoms with Crippen LogP contribution in [0.5, 0.6) is 0 Å². The fourth-order valence-electron chi connectivity index (χ4n) is 1.12. The van der Waals surface area contributed by atoms with Crippen molar-refractivity contribution in [2.45, 2.75) is 0 Å². The van der Waals surface area contributed by atoms with Gasteiger partial charge >= 0.3 is 0 Å². The van der Waals surface area contributed by atoms with E-state index in [1.807, 2.05) is 0 Å². The van der Waals surface area contributed by atoms with Crippen molar-refractivity contribution in [3.63, 3.8) is 0 Å². The highest BCUT2D eigenvalue weighted by molar-refractivity contribution is 7.90. The van der Waals surface area contributed by atoms with Gasteiger partial charge in [-0.15, -0.1) is 0 Å². The molecule has 1 aromatic carbocycles. The van der Waals surface area contributed by atoms with E-state index in [9.17, 15) is 8.42 Å². The topological polar surface area (TPSA) is 72.2 Å². The third-order valence-corrected chi connectivity index (χ3v) is 3.38. The van der Waals surface area contributed by atoms with Crippen LogP contribution in [0.3, 0.4) is 0 Å². The van der Waals surface area contributed by atoms with Gasteiger partial charge in [0, 0.05) is 18.5 Å². The molecule has 0 unspecified atom stereocenters. The van der Waals surface area contributed by atoms with Crippen molar-refractivity contribution in [3.8, 4) is 0 Å². The molecule has 1 aromatic rings. The molecule has 0 aliphatic rings. The Morgan fingerprint density at radius 1 is 1.31 bits per heavy atom. The van der Waals surface area contributed by atoms with Crippen molar-refractivity contribution in [2.24, 2.45) is 0 Å². The third-order valence-electron chi connectivity index (χ3n) is 1.84. The van der Waals surface area contributed by atoms with Crippen molar-refractivity contribution in [1.29, 1.82) is 0 Å². The number of benzene rings is 1. The van der Waals surface area contributed by atoms with Crippen molar-refractivity contribution in [3.05, 3.63) is 22.2 Å². The summed E-state index contributed by atoms with van der Waals surface area (Å²) in [5, 5.41) is 3.61. The molecule has 0 bridgehead atoms. The monoisotopic (exact) mass is 282 g/mol. The lowest BCUT2D eigenvalue weighted by atomic mass is 10.3. The Hall–Kier alpha value is -0.650. The van der Waals surface area contributed by atoms with E-state index in [-0.39, 0.29) is 12.3 Å². The van der Waals surface area contributed by atoms with Crippen molar-refractivity contribution in [2.75, 3.05) is 29.6 Å². The van der Waals surface area contributed by atoms with Crippen LogP contribution in [0.25, 0.3) is 0 Å². The predicted molar refractivity (Wildman–Crippen MR) is 69.1 cm³/mol. The summed E-state index contributed by atoms with van der Waals surface area (Å²) in [6.07, 6.45) is 1.17. The van der Waals surface area contributed by atoms with E-state index < -0.39 is 9.84 Å². The van der Waals surface area contributed by atoms with Crippen LogP contribution in [0.2, 0.25) is 10.0 Å². The molecule has 90 valence electrons. The third kappa shape index (κ3) is 4.08. The van der Waals surface area contributed by atoms with Gasteiger partial charge in [0.05, 0.1) is 21.5 Å². The molecule has 0 amide bonds. The number of nitrogens with two attached hydrogens (primary N) is 1. The molecule has 16 heavy (non-hydrogen) atoms. The summed E-state index contributed by atoms with van der Waals surface area (Å²) in [6, 6.07) is 3.10. The Labute approximate surface area is 105 Å². The van der Waals surface area contributed by atoms with Crippen LogP contribution in [0.15, 0.2) is 12.1 Å². The first-order chi connectivity index (χ1) is 7.29. The van der Waals surface area contributed by atoms with Crippen LogP contribution in [0.1, 0.15) is 0 Å². The number of anilines is 2. The van der Waals surface area contributed by atoms with E-state index in [4.69, 9.17) is 28.9 Å². The van der Waals surface area contributed by atoms with Gasteiger partial charge in [0.2, 0.25) is 0 Å². The Kier molecular flexibility index (Phi) is 4.29. The number of halogens is 2. The number of sulfone groups is 1. The Morgan fingerprint density at radius 2 is 1.81 bits per heavy atom. The van der Waals surface area contributed by atoms with E-state index in [0.717, 1.165) is 0 Å². The standard InChI is InChI=1S/C9H12Cl2N2O2S/c1-16(14,15)3-2-13-9-7(10)4-6(12)5-8(9)11/h4-5,13H,2-3,12H2,1H3. The van der Waals surface area contributed by atoms with Gasteiger partial charge in [0.25, 0.3) is 0 Å². The number of nitrogens with one attached hydrogen (secondary N) is 1. The highest BCUT2D eigenvalue weighted by Crippen LogP contribution is 2.32. The fourth-order valence-corrected chi connectivity index (χ4v) is 2.23. The first kappa shape index (κ1) is 13.4. The van der Waals surface area contributed by atoms with Crippen molar-refractivity contribution >= 4 is 44.4 Å². The summed E-state index contributed by atoms with van der Waals surface area (Å²) in [7, 11) is -3.00. The Morgan fingerprint density at radius 3 is 2.25 bits per heavy atom. The lowest BCUT2D eigenvalue weighted by Crippen LogP contribution is -2.14. The summed E-state index contributed by atoms with van der Waals surface area (Å²) in [4.78, 5) is 0. The maximum atomic E-state index is 10.9. The summed E-state index contributed by atoms with van der Waals surface area (Å²) < 4.78 is 21.8. The average molecular weight is 283 g/mol. The number of nitrogen functional groups attached to an aromatic ring is 1. The second kappa shape index (κ2) is 5.12. The van der Waals surface area contributed by atoms with E-state index in [1.54, 1.807) is 12.1 Å². The molecule has 4 nitrogen and oxygen atoms in total. The fraction of sp³-hybridized carbons (Fsp3) is 0.333. The lowest BCUT2D eigenvalue weighted by molar-refractivity contribution is 0.602. The minimum atomic E-state index is -3.00. The maximum Gasteiger partial charge on any atom is 0.149 e. The normalized spacial score (nSPS) is 11.4. The highest BCUT2D eigenvalue weighted by atomic mass is 35.5. The molecular weight excluding hydrogens is 271 g/mol. The highest BCUT2D eigenvalue weighted by Gasteiger charge is 2.08. The molecule has 0 aliphatic carbocycles. The molecular formula is C9H12Cl2N2O2S. The quantitative estimate of drug-likeness (QED) is 0.829. The molecule has 0 saturated heterocycles. The Balaban J connectivity index is 2.75. The van der Waals surface area contributed by atoms with Crippen LogP contribution < -0.4 is 11.1 Å². The summed E-state index contributed by atoms with van der Waals surface area (Å²) in [6.45, 7) is 0.252. The second-order valence-corrected chi connectivity index (χ2v) is 6.49. The van der Waals surface area contributed by atoms with Gasteiger partial charge in [-0.3, -0.25) is 0 Å². The van der Waals surface area contributed by atoms with E-state index >= 15 is 0 Å². The summed E-state index contributed by atoms with van der Waals surface area (Å²) in [5.41, 5.74) is 6.50. The summed E-state index contributed by atoms with van der Waals surface area (Å²) in [5.74, 6) is 0.0179. The zero-order valence-electron chi connectivity index (χ0n) is 8.63. The van der Waals surface area contributed by atoms with E-state index in [2.05, 4.69) is 5.32 Å². The van der Waals surface area contributed by atoms with Gasteiger partial charge in [-0.05, 0) is 12.1 Å². The average Bonchev–Trinajstić information content (AvgIpc) is 2.07.